The first kappa shape index (κ1) is 21.1. The summed E-state index contributed by atoms with van der Waals surface area (Å²) in [6.45, 7) is 3.55. The number of rotatable bonds is 5. The lowest BCUT2D eigenvalue weighted by Gasteiger charge is -2.39. The Balaban J connectivity index is 1.47. The number of benzene rings is 1. The fourth-order valence-corrected chi connectivity index (χ4v) is 6.69. The van der Waals surface area contributed by atoms with Crippen molar-refractivity contribution < 1.29 is 13.2 Å². The van der Waals surface area contributed by atoms with Crippen molar-refractivity contribution in [2.45, 2.75) is 48.8 Å². The third-order valence-corrected chi connectivity index (χ3v) is 8.67. The highest BCUT2D eigenvalue weighted by Gasteiger charge is 2.49. The van der Waals surface area contributed by atoms with Gasteiger partial charge in [0.25, 0.3) is 5.91 Å². The Hall–Kier alpha value is -2.47. The van der Waals surface area contributed by atoms with Crippen molar-refractivity contribution in [3.05, 3.63) is 40.7 Å². The fraction of sp³-hybridized carbons (Fsp3) is 0.476. The lowest BCUT2D eigenvalue weighted by molar-refractivity contribution is 0.0832. The summed E-state index contributed by atoms with van der Waals surface area (Å²) < 4.78 is 30.5. The molecule has 0 bridgehead atoms. The minimum absolute atomic E-state index is 0.00487. The second kappa shape index (κ2) is 7.02. The number of carbonyl (C=O) groups excluding carboxylic acids is 1. The molecular formula is C21H24ClN7O3S. The van der Waals surface area contributed by atoms with E-state index in [2.05, 4.69) is 15.1 Å². The molecule has 12 heteroatoms. The van der Waals surface area contributed by atoms with E-state index in [0.717, 1.165) is 18.4 Å². The summed E-state index contributed by atoms with van der Waals surface area (Å²) in [4.78, 5) is 22.1. The van der Waals surface area contributed by atoms with Crippen LogP contribution in [0.4, 0.5) is 5.69 Å². The number of aryl methyl sites for hydroxylation is 1. The molecule has 33 heavy (non-hydrogen) atoms. The smallest absolute Gasteiger partial charge is 0.263 e. The lowest BCUT2D eigenvalue weighted by Crippen LogP contribution is -2.53. The van der Waals surface area contributed by atoms with E-state index in [-0.39, 0.29) is 40.0 Å². The van der Waals surface area contributed by atoms with Crippen LogP contribution in [-0.4, -0.2) is 65.7 Å². The number of hydrogen-bond acceptors (Lipinski definition) is 7. The second-order valence-corrected chi connectivity index (χ2v) is 11.6. The van der Waals surface area contributed by atoms with E-state index in [1.54, 1.807) is 15.8 Å². The van der Waals surface area contributed by atoms with Gasteiger partial charge >= 0.3 is 0 Å². The van der Waals surface area contributed by atoms with E-state index in [1.165, 1.54) is 12.1 Å². The summed E-state index contributed by atoms with van der Waals surface area (Å²) in [5, 5.41) is 7.77. The molecule has 1 aromatic carbocycles. The molecule has 174 valence electrons. The van der Waals surface area contributed by atoms with Crippen molar-refractivity contribution in [1.82, 2.24) is 24.7 Å². The van der Waals surface area contributed by atoms with Gasteiger partial charge in [-0.25, -0.2) is 18.1 Å². The Labute approximate surface area is 196 Å². The van der Waals surface area contributed by atoms with Crippen LogP contribution in [0.3, 0.4) is 0 Å². The average Bonchev–Trinajstić information content (AvgIpc) is 3.11. The van der Waals surface area contributed by atoms with Gasteiger partial charge in [0.05, 0.1) is 46.0 Å². The van der Waals surface area contributed by atoms with Gasteiger partial charge in [0.1, 0.15) is 0 Å². The molecule has 6 rings (SSSR count). The van der Waals surface area contributed by atoms with Crippen molar-refractivity contribution in [2.24, 2.45) is 12.0 Å². The Morgan fingerprint density at radius 1 is 1.30 bits per heavy atom. The SMILES string of the molecule is Cn1cc(CN2C(=O)c3cc(S(=O)(=O)NC4(C)CC4)cc(Cl)c3N3C2=N[C@H]2CNC[C@H]23)cn1. The second-order valence-electron chi connectivity index (χ2n) is 9.47. The van der Waals surface area contributed by atoms with Gasteiger partial charge in [0.15, 0.2) is 0 Å². The summed E-state index contributed by atoms with van der Waals surface area (Å²) in [6, 6.07) is 2.88. The number of nitrogens with one attached hydrogen (secondary N) is 2. The number of anilines is 1. The first-order valence-corrected chi connectivity index (χ1v) is 12.8. The highest BCUT2D eigenvalue weighted by atomic mass is 35.5. The zero-order valence-corrected chi connectivity index (χ0v) is 19.8. The summed E-state index contributed by atoms with van der Waals surface area (Å²) in [6.07, 6.45) is 5.12. The van der Waals surface area contributed by atoms with Crippen LogP contribution in [0.25, 0.3) is 0 Å². The lowest BCUT2D eigenvalue weighted by atomic mass is 10.0. The van der Waals surface area contributed by atoms with Gasteiger partial charge in [-0.2, -0.15) is 5.10 Å². The van der Waals surface area contributed by atoms with Crippen LogP contribution in [0.2, 0.25) is 5.02 Å². The van der Waals surface area contributed by atoms with Gasteiger partial charge in [-0.05, 0) is 31.9 Å². The standard InChI is InChI=1S/C21H24ClN7O3S/c1-21(3-4-21)26-33(31,32)13-5-14-18(15(22)6-13)29-17-9-23-8-16(17)25-20(29)28(19(14)30)11-12-7-24-27(2)10-12/h5-7,10,16-17,23,26H,3-4,8-9,11H2,1-2H3/t16-,17+/m0/s1. The Morgan fingerprint density at radius 3 is 2.79 bits per heavy atom. The first-order valence-electron chi connectivity index (χ1n) is 10.9. The third-order valence-electron chi connectivity index (χ3n) is 6.76. The van der Waals surface area contributed by atoms with Gasteiger partial charge < -0.3 is 10.2 Å². The molecule has 1 aromatic heterocycles. The molecule has 2 atom stereocenters. The molecule has 0 unspecified atom stereocenters. The predicted molar refractivity (Wildman–Crippen MR) is 123 cm³/mol. The van der Waals surface area contributed by atoms with Gasteiger partial charge in [-0.3, -0.25) is 14.4 Å². The summed E-state index contributed by atoms with van der Waals surface area (Å²) in [5.74, 6) is 0.224. The van der Waals surface area contributed by atoms with Crippen LogP contribution in [0.5, 0.6) is 0 Å². The number of fused-ring (bicyclic) bond motifs is 5. The van der Waals surface area contributed by atoms with Crippen molar-refractivity contribution in [1.29, 1.82) is 0 Å². The molecule has 2 aromatic rings. The van der Waals surface area contributed by atoms with Gasteiger partial charge in [-0.1, -0.05) is 11.6 Å². The van der Waals surface area contributed by atoms with Crippen molar-refractivity contribution >= 4 is 39.2 Å². The van der Waals surface area contributed by atoms with Crippen LogP contribution in [0.1, 0.15) is 35.7 Å². The largest absolute Gasteiger partial charge is 0.312 e. The Kier molecular flexibility index (Phi) is 4.48. The van der Waals surface area contributed by atoms with Gasteiger partial charge in [0, 0.05) is 37.4 Å². The number of sulfonamides is 1. The molecule has 3 aliphatic heterocycles. The Morgan fingerprint density at radius 2 is 2.09 bits per heavy atom. The molecule has 10 nitrogen and oxygen atoms in total. The highest BCUT2D eigenvalue weighted by Crippen LogP contribution is 2.43. The molecule has 2 fully saturated rings. The van der Waals surface area contributed by atoms with Crippen LogP contribution in [-0.2, 0) is 23.6 Å². The molecule has 1 saturated carbocycles. The quantitative estimate of drug-likeness (QED) is 0.650. The minimum Gasteiger partial charge on any atom is -0.312 e. The van der Waals surface area contributed by atoms with E-state index in [1.807, 2.05) is 25.1 Å². The molecular weight excluding hydrogens is 466 g/mol. The molecule has 1 amide bonds. The number of carbonyl (C=O) groups is 1. The normalized spacial score (nSPS) is 25.1. The van der Waals surface area contributed by atoms with Crippen LogP contribution >= 0.6 is 11.6 Å². The van der Waals surface area contributed by atoms with Gasteiger partial charge in [-0.15, -0.1) is 0 Å². The molecule has 4 heterocycles. The van der Waals surface area contributed by atoms with E-state index in [4.69, 9.17) is 16.6 Å². The highest BCUT2D eigenvalue weighted by molar-refractivity contribution is 7.89. The van der Waals surface area contributed by atoms with Crippen molar-refractivity contribution in [3.63, 3.8) is 0 Å². The van der Waals surface area contributed by atoms with Crippen LogP contribution in [0.15, 0.2) is 34.4 Å². The average molecular weight is 490 g/mol. The number of aromatic nitrogens is 2. The molecule has 0 spiro atoms. The first-order chi connectivity index (χ1) is 15.7. The van der Waals surface area contributed by atoms with Crippen molar-refractivity contribution in [2.75, 3.05) is 18.0 Å². The summed E-state index contributed by atoms with van der Waals surface area (Å²) >= 11 is 6.68. The van der Waals surface area contributed by atoms with E-state index in [9.17, 15) is 13.2 Å². The fourth-order valence-electron chi connectivity index (χ4n) is 4.80. The number of hydrogen-bond donors (Lipinski definition) is 2. The summed E-state index contributed by atoms with van der Waals surface area (Å²) in [7, 11) is -2.01. The molecule has 1 aliphatic carbocycles. The number of halogens is 1. The van der Waals surface area contributed by atoms with Gasteiger partial charge in [0.2, 0.25) is 16.0 Å². The van der Waals surface area contributed by atoms with Crippen LogP contribution < -0.4 is 14.9 Å². The maximum absolute atomic E-state index is 13.7. The maximum atomic E-state index is 13.7. The minimum atomic E-state index is -3.83. The molecule has 4 aliphatic rings. The van der Waals surface area contributed by atoms with Crippen LogP contribution in [0, 0.1) is 0 Å². The Bertz CT molecular complexity index is 1320. The zero-order chi connectivity index (χ0) is 23.1. The molecule has 2 N–H and O–H groups in total. The number of nitrogens with zero attached hydrogens (tertiary/aromatic N) is 5. The molecule has 1 saturated heterocycles. The molecule has 0 radical (unpaired) electrons. The van der Waals surface area contributed by atoms with E-state index < -0.39 is 15.6 Å². The maximum Gasteiger partial charge on any atom is 0.263 e. The summed E-state index contributed by atoms with van der Waals surface area (Å²) in [5.41, 5.74) is 1.20. The zero-order valence-electron chi connectivity index (χ0n) is 18.2. The monoisotopic (exact) mass is 489 g/mol. The number of guanidine groups is 1. The van der Waals surface area contributed by atoms with E-state index >= 15 is 0 Å². The topological polar surface area (TPSA) is 112 Å². The third kappa shape index (κ3) is 3.37. The predicted octanol–water partition coefficient (Wildman–Crippen LogP) is 1.08. The van der Waals surface area contributed by atoms with E-state index in [0.29, 0.717) is 24.7 Å². The van der Waals surface area contributed by atoms with Crippen molar-refractivity contribution in [3.8, 4) is 0 Å². The number of aliphatic imine (C=N–C) groups is 1. The number of amides is 1.